The van der Waals surface area contributed by atoms with E-state index >= 15 is 0 Å². The zero-order valence-corrected chi connectivity index (χ0v) is 15.8. The highest BCUT2D eigenvalue weighted by Gasteiger charge is 2.32. The molecular weight excluding hydrogens is 326 g/mol. The topological polar surface area (TPSA) is 66.6 Å². The van der Waals surface area contributed by atoms with Gasteiger partial charge >= 0.3 is 0 Å². The van der Waals surface area contributed by atoms with Gasteiger partial charge in [0, 0.05) is 31.6 Å². The van der Waals surface area contributed by atoms with Crippen LogP contribution in [-0.2, 0) is 11.3 Å². The molecule has 5 heteroatoms. The number of carbonyl (C=O) groups excluding carboxylic acids is 2. The second-order valence-corrected chi connectivity index (χ2v) is 7.80. The summed E-state index contributed by atoms with van der Waals surface area (Å²) < 4.78 is 0. The number of rotatable bonds is 4. The molecule has 1 atom stereocenters. The smallest absolute Gasteiger partial charge is 0.248 e. The molecule has 0 saturated carbocycles. The SMILES string of the molecule is CC(=O)N1CCCCC[C@@H]1C1CCN(Cc2ccc(C(N)=O)cc2)CC1. The zero-order valence-electron chi connectivity index (χ0n) is 15.8. The average molecular weight is 357 g/mol. The van der Waals surface area contributed by atoms with Crippen molar-refractivity contribution in [2.45, 2.75) is 58.0 Å². The van der Waals surface area contributed by atoms with Crippen molar-refractivity contribution in [3.05, 3.63) is 35.4 Å². The van der Waals surface area contributed by atoms with Crippen LogP contribution in [0.2, 0.25) is 0 Å². The average Bonchev–Trinajstić information content (AvgIpc) is 2.89. The van der Waals surface area contributed by atoms with Crippen LogP contribution in [0.4, 0.5) is 0 Å². The summed E-state index contributed by atoms with van der Waals surface area (Å²) in [6.45, 7) is 5.72. The first-order valence-corrected chi connectivity index (χ1v) is 9.93. The van der Waals surface area contributed by atoms with E-state index in [0.717, 1.165) is 45.4 Å². The normalized spacial score (nSPS) is 22.8. The number of hydrogen-bond donors (Lipinski definition) is 1. The monoisotopic (exact) mass is 357 g/mol. The summed E-state index contributed by atoms with van der Waals surface area (Å²) in [4.78, 5) is 27.9. The summed E-state index contributed by atoms with van der Waals surface area (Å²) in [5, 5.41) is 0. The van der Waals surface area contributed by atoms with Crippen molar-refractivity contribution in [3.63, 3.8) is 0 Å². The first-order valence-electron chi connectivity index (χ1n) is 9.93. The Morgan fingerprint density at radius 2 is 1.69 bits per heavy atom. The fourth-order valence-electron chi connectivity index (χ4n) is 4.54. The summed E-state index contributed by atoms with van der Waals surface area (Å²) in [6, 6.07) is 8.04. The zero-order chi connectivity index (χ0) is 18.5. The lowest BCUT2D eigenvalue weighted by Crippen LogP contribution is -2.47. The Morgan fingerprint density at radius 3 is 2.31 bits per heavy atom. The van der Waals surface area contributed by atoms with E-state index in [4.69, 9.17) is 5.73 Å². The fourth-order valence-corrected chi connectivity index (χ4v) is 4.54. The number of likely N-dealkylation sites (tertiary alicyclic amines) is 2. The summed E-state index contributed by atoms with van der Waals surface area (Å²) in [5.74, 6) is 0.496. The maximum atomic E-state index is 12.1. The van der Waals surface area contributed by atoms with Crippen molar-refractivity contribution in [2.24, 2.45) is 11.7 Å². The van der Waals surface area contributed by atoms with Crippen molar-refractivity contribution in [2.75, 3.05) is 19.6 Å². The Bertz CT molecular complexity index is 621. The molecule has 5 nitrogen and oxygen atoms in total. The van der Waals surface area contributed by atoms with Gasteiger partial charge in [0.25, 0.3) is 0 Å². The molecule has 2 heterocycles. The number of primary amides is 1. The van der Waals surface area contributed by atoms with Gasteiger partial charge in [-0.3, -0.25) is 14.5 Å². The summed E-state index contributed by atoms with van der Waals surface area (Å²) in [6.07, 6.45) is 7.14. The number of benzene rings is 1. The summed E-state index contributed by atoms with van der Waals surface area (Å²) >= 11 is 0. The van der Waals surface area contributed by atoms with E-state index in [9.17, 15) is 9.59 Å². The molecule has 142 valence electrons. The third kappa shape index (κ3) is 4.64. The predicted molar refractivity (Wildman–Crippen MR) is 103 cm³/mol. The Labute approximate surface area is 156 Å². The third-order valence-corrected chi connectivity index (χ3v) is 6.02. The summed E-state index contributed by atoms with van der Waals surface area (Å²) in [7, 11) is 0. The van der Waals surface area contributed by atoms with E-state index in [1.165, 1.54) is 24.8 Å². The van der Waals surface area contributed by atoms with Crippen LogP contribution in [0.15, 0.2) is 24.3 Å². The highest BCUT2D eigenvalue weighted by molar-refractivity contribution is 5.92. The van der Waals surface area contributed by atoms with Gasteiger partial charge in [-0.2, -0.15) is 0 Å². The van der Waals surface area contributed by atoms with Gasteiger partial charge in [0.15, 0.2) is 0 Å². The maximum Gasteiger partial charge on any atom is 0.248 e. The van der Waals surface area contributed by atoms with Crippen LogP contribution in [0.3, 0.4) is 0 Å². The molecule has 2 aliphatic heterocycles. The largest absolute Gasteiger partial charge is 0.366 e. The number of hydrogen-bond acceptors (Lipinski definition) is 3. The minimum absolute atomic E-state index is 0.244. The molecule has 2 N–H and O–H groups in total. The van der Waals surface area contributed by atoms with Crippen molar-refractivity contribution >= 4 is 11.8 Å². The van der Waals surface area contributed by atoms with Crippen LogP contribution in [0.25, 0.3) is 0 Å². The Kier molecular flexibility index (Phi) is 6.30. The van der Waals surface area contributed by atoms with E-state index in [0.29, 0.717) is 17.5 Å². The Balaban J connectivity index is 1.54. The van der Waals surface area contributed by atoms with E-state index in [1.54, 1.807) is 19.1 Å². The maximum absolute atomic E-state index is 12.1. The van der Waals surface area contributed by atoms with Gasteiger partial charge in [-0.05, 0) is 62.4 Å². The molecule has 0 aliphatic carbocycles. The van der Waals surface area contributed by atoms with Crippen LogP contribution in [-0.4, -0.2) is 47.3 Å². The fraction of sp³-hybridized carbons (Fsp3) is 0.619. The molecule has 2 aliphatic rings. The number of carbonyl (C=O) groups is 2. The quantitative estimate of drug-likeness (QED) is 0.901. The van der Waals surface area contributed by atoms with Crippen LogP contribution >= 0.6 is 0 Å². The number of nitrogens with two attached hydrogens (primary N) is 1. The molecule has 1 aromatic carbocycles. The number of amides is 2. The van der Waals surface area contributed by atoms with Gasteiger partial charge in [0.1, 0.15) is 0 Å². The van der Waals surface area contributed by atoms with Crippen molar-refractivity contribution < 1.29 is 9.59 Å². The lowest BCUT2D eigenvalue weighted by molar-refractivity contribution is -0.132. The molecule has 0 radical (unpaired) electrons. The van der Waals surface area contributed by atoms with Crippen LogP contribution in [0, 0.1) is 5.92 Å². The van der Waals surface area contributed by atoms with Gasteiger partial charge in [0.2, 0.25) is 11.8 Å². The third-order valence-electron chi connectivity index (χ3n) is 6.02. The molecule has 1 aromatic rings. The van der Waals surface area contributed by atoms with Crippen molar-refractivity contribution in [1.82, 2.24) is 9.80 Å². The van der Waals surface area contributed by atoms with Gasteiger partial charge in [-0.25, -0.2) is 0 Å². The molecule has 2 amide bonds. The van der Waals surface area contributed by atoms with Crippen LogP contribution < -0.4 is 5.73 Å². The van der Waals surface area contributed by atoms with Gasteiger partial charge in [-0.15, -0.1) is 0 Å². The van der Waals surface area contributed by atoms with E-state index in [-0.39, 0.29) is 11.8 Å². The molecule has 0 spiro atoms. The molecule has 2 fully saturated rings. The first-order chi connectivity index (χ1) is 12.5. The number of piperidine rings is 1. The van der Waals surface area contributed by atoms with Crippen molar-refractivity contribution in [3.8, 4) is 0 Å². The number of nitrogens with zero attached hydrogens (tertiary/aromatic N) is 2. The lowest BCUT2D eigenvalue weighted by Gasteiger charge is -2.40. The van der Waals surface area contributed by atoms with Gasteiger partial charge in [-0.1, -0.05) is 25.0 Å². The first kappa shape index (κ1) is 18.9. The molecule has 3 rings (SSSR count). The minimum atomic E-state index is -0.379. The predicted octanol–water partition coefficient (Wildman–Crippen LogP) is 2.79. The van der Waals surface area contributed by atoms with Crippen LogP contribution in [0.5, 0.6) is 0 Å². The molecule has 26 heavy (non-hydrogen) atoms. The second-order valence-electron chi connectivity index (χ2n) is 7.80. The minimum Gasteiger partial charge on any atom is -0.366 e. The highest BCUT2D eigenvalue weighted by Crippen LogP contribution is 2.30. The molecule has 0 aromatic heterocycles. The Morgan fingerprint density at radius 1 is 1.00 bits per heavy atom. The van der Waals surface area contributed by atoms with Gasteiger partial charge in [0.05, 0.1) is 0 Å². The lowest BCUT2D eigenvalue weighted by atomic mass is 9.86. The molecule has 0 bridgehead atoms. The van der Waals surface area contributed by atoms with Crippen molar-refractivity contribution in [1.29, 1.82) is 0 Å². The second kappa shape index (κ2) is 8.67. The molecule has 2 saturated heterocycles. The standard InChI is InChI=1S/C21H31N3O2/c1-16(25)24-12-4-2-3-5-20(24)18-10-13-23(14-11-18)15-17-6-8-19(9-7-17)21(22)26/h6-9,18,20H,2-5,10-15H2,1H3,(H2,22,26)/t20-/m1/s1. The summed E-state index contributed by atoms with van der Waals surface area (Å²) in [5.41, 5.74) is 7.08. The van der Waals surface area contributed by atoms with Gasteiger partial charge < -0.3 is 10.6 Å². The molecule has 0 unspecified atom stereocenters. The Hall–Kier alpha value is -1.88. The van der Waals surface area contributed by atoms with E-state index in [1.807, 2.05) is 12.1 Å². The van der Waals surface area contributed by atoms with Crippen LogP contribution in [0.1, 0.15) is 61.4 Å². The molecular formula is C21H31N3O2. The van der Waals surface area contributed by atoms with E-state index < -0.39 is 0 Å². The highest BCUT2D eigenvalue weighted by atomic mass is 16.2. The van der Waals surface area contributed by atoms with E-state index in [2.05, 4.69) is 9.80 Å².